The van der Waals surface area contributed by atoms with Crippen molar-refractivity contribution >= 4 is 0 Å². The zero-order valence-corrected chi connectivity index (χ0v) is 11.9. The summed E-state index contributed by atoms with van der Waals surface area (Å²) in [5.41, 5.74) is 7.71. The maximum absolute atomic E-state index is 3.56. The highest BCUT2D eigenvalue weighted by molar-refractivity contribution is 5.38. The molecule has 0 amide bonds. The van der Waals surface area contributed by atoms with Gasteiger partial charge in [0, 0.05) is 19.0 Å². The third-order valence-electron chi connectivity index (χ3n) is 4.85. The number of aryl methyl sites for hydroxylation is 2. The molecule has 0 spiro atoms. The molecule has 0 saturated heterocycles. The first-order valence-corrected chi connectivity index (χ1v) is 7.79. The van der Waals surface area contributed by atoms with Gasteiger partial charge in [0.15, 0.2) is 0 Å². The summed E-state index contributed by atoms with van der Waals surface area (Å²) in [5, 5.41) is 3.56. The fourth-order valence-corrected chi connectivity index (χ4v) is 3.80. The number of benzene rings is 2. The lowest BCUT2D eigenvalue weighted by molar-refractivity contribution is 0.539. The van der Waals surface area contributed by atoms with Crippen molar-refractivity contribution in [3.63, 3.8) is 0 Å². The monoisotopic (exact) mass is 263 g/mol. The molecule has 0 aromatic heterocycles. The van der Waals surface area contributed by atoms with Gasteiger partial charge in [-0.05, 0) is 53.5 Å². The van der Waals surface area contributed by atoms with Crippen molar-refractivity contribution < 1.29 is 0 Å². The van der Waals surface area contributed by atoms with Crippen molar-refractivity contribution in [2.75, 3.05) is 6.54 Å². The standard InChI is InChI=1S/C19H21N/c1-2-7-19-17(4-1)12-20-13-18(19)11-14-8-9-15-5-3-6-16(15)10-14/h1-2,4,7-10,18,20H,3,5-6,11-13H2. The zero-order valence-electron chi connectivity index (χ0n) is 11.9. The maximum Gasteiger partial charge on any atom is 0.0208 e. The quantitative estimate of drug-likeness (QED) is 0.873. The second kappa shape index (κ2) is 5.06. The van der Waals surface area contributed by atoms with Gasteiger partial charge in [0.1, 0.15) is 0 Å². The average molecular weight is 263 g/mol. The molecule has 1 aliphatic carbocycles. The van der Waals surface area contributed by atoms with Crippen LogP contribution in [0.3, 0.4) is 0 Å². The summed E-state index contributed by atoms with van der Waals surface area (Å²) in [5.74, 6) is 0.624. The summed E-state index contributed by atoms with van der Waals surface area (Å²) in [7, 11) is 0. The van der Waals surface area contributed by atoms with Crippen LogP contribution in [0.1, 0.15) is 40.2 Å². The molecule has 1 heteroatoms. The van der Waals surface area contributed by atoms with Crippen LogP contribution in [0.5, 0.6) is 0 Å². The lowest BCUT2D eigenvalue weighted by Crippen LogP contribution is -2.29. The van der Waals surface area contributed by atoms with Crippen LogP contribution < -0.4 is 5.32 Å². The topological polar surface area (TPSA) is 12.0 Å². The second-order valence-electron chi connectivity index (χ2n) is 6.19. The number of nitrogens with one attached hydrogen (secondary N) is 1. The molecule has 1 atom stereocenters. The Hall–Kier alpha value is -1.60. The SMILES string of the molecule is c1ccc2c(c1)CNCC2Cc1ccc2c(c1)CCC2. The van der Waals surface area contributed by atoms with Crippen molar-refractivity contribution in [2.24, 2.45) is 0 Å². The van der Waals surface area contributed by atoms with Gasteiger partial charge in [-0.1, -0.05) is 42.5 Å². The van der Waals surface area contributed by atoms with E-state index in [1.165, 1.54) is 30.4 Å². The Morgan fingerprint density at radius 2 is 1.85 bits per heavy atom. The van der Waals surface area contributed by atoms with Crippen LogP contribution in [0, 0.1) is 0 Å². The van der Waals surface area contributed by atoms with Gasteiger partial charge in [-0.3, -0.25) is 0 Å². The minimum Gasteiger partial charge on any atom is -0.312 e. The molecule has 1 unspecified atom stereocenters. The van der Waals surface area contributed by atoms with E-state index in [4.69, 9.17) is 0 Å². The summed E-state index contributed by atoms with van der Waals surface area (Å²) in [4.78, 5) is 0. The van der Waals surface area contributed by atoms with Crippen LogP contribution in [0.2, 0.25) is 0 Å². The molecule has 20 heavy (non-hydrogen) atoms. The number of rotatable bonds is 2. The third kappa shape index (κ3) is 2.16. The molecular weight excluding hydrogens is 242 g/mol. The molecule has 102 valence electrons. The van der Waals surface area contributed by atoms with Crippen molar-refractivity contribution in [3.05, 3.63) is 70.3 Å². The van der Waals surface area contributed by atoms with Crippen molar-refractivity contribution in [3.8, 4) is 0 Å². The van der Waals surface area contributed by atoms with Crippen LogP contribution in [0.25, 0.3) is 0 Å². The van der Waals surface area contributed by atoms with Crippen LogP contribution >= 0.6 is 0 Å². The van der Waals surface area contributed by atoms with Gasteiger partial charge in [-0.25, -0.2) is 0 Å². The maximum atomic E-state index is 3.56. The van der Waals surface area contributed by atoms with E-state index >= 15 is 0 Å². The molecule has 1 nitrogen and oxygen atoms in total. The highest BCUT2D eigenvalue weighted by Gasteiger charge is 2.20. The minimum atomic E-state index is 0.624. The molecule has 1 N–H and O–H groups in total. The Balaban J connectivity index is 1.61. The van der Waals surface area contributed by atoms with Crippen LogP contribution in [-0.2, 0) is 25.8 Å². The van der Waals surface area contributed by atoms with E-state index in [1.54, 1.807) is 16.7 Å². The molecule has 2 aliphatic rings. The fourth-order valence-electron chi connectivity index (χ4n) is 3.80. The number of hydrogen-bond donors (Lipinski definition) is 1. The summed E-state index contributed by atoms with van der Waals surface area (Å²) in [6, 6.07) is 16.1. The molecule has 1 heterocycles. The molecule has 1 aliphatic heterocycles. The van der Waals surface area contributed by atoms with Crippen molar-refractivity contribution in [2.45, 2.75) is 38.1 Å². The Morgan fingerprint density at radius 1 is 0.950 bits per heavy atom. The Kier molecular flexibility index (Phi) is 3.08. The summed E-state index contributed by atoms with van der Waals surface area (Å²) in [6.07, 6.45) is 5.07. The van der Waals surface area contributed by atoms with E-state index in [1.807, 2.05) is 0 Å². The molecule has 0 fully saturated rings. The summed E-state index contributed by atoms with van der Waals surface area (Å²) in [6.45, 7) is 2.13. The van der Waals surface area contributed by atoms with Gasteiger partial charge in [0.2, 0.25) is 0 Å². The lowest BCUT2D eigenvalue weighted by Gasteiger charge is -2.26. The summed E-state index contributed by atoms with van der Waals surface area (Å²) < 4.78 is 0. The molecule has 0 bridgehead atoms. The Labute approximate surface area is 121 Å². The fraction of sp³-hybridized carbons (Fsp3) is 0.368. The second-order valence-corrected chi connectivity index (χ2v) is 6.19. The molecule has 0 saturated carbocycles. The van der Waals surface area contributed by atoms with E-state index in [-0.39, 0.29) is 0 Å². The van der Waals surface area contributed by atoms with Crippen molar-refractivity contribution in [1.29, 1.82) is 0 Å². The summed E-state index contributed by atoms with van der Waals surface area (Å²) >= 11 is 0. The van der Waals surface area contributed by atoms with Gasteiger partial charge < -0.3 is 5.32 Å². The van der Waals surface area contributed by atoms with E-state index in [0.29, 0.717) is 5.92 Å². The van der Waals surface area contributed by atoms with Gasteiger partial charge >= 0.3 is 0 Å². The number of fused-ring (bicyclic) bond motifs is 2. The number of hydrogen-bond acceptors (Lipinski definition) is 1. The lowest BCUT2D eigenvalue weighted by atomic mass is 9.86. The normalized spacial score (nSPS) is 20.5. The van der Waals surface area contributed by atoms with Crippen LogP contribution in [0.4, 0.5) is 0 Å². The predicted molar refractivity (Wildman–Crippen MR) is 83.1 cm³/mol. The third-order valence-corrected chi connectivity index (χ3v) is 4.85. The minimum absolute atomic E-state index is 0.624. The van der Waals surface area contributed by atoms with E-state index in [0.717, 1.165) is 19.5 Å². The van der Waals surface area contributed by atoms with Gasteiger partial charge in [-0.2, -0.15) is 0 Å². The van der Waals surface area contributed by atoms with Crippen LogP contribution in [0.15, 0.2) is 42.5 Å². The molecular formula is C19H21N. The average Bonchev–Trinajstić information content (AvgIpc) is 2.95. The molecule has 2 aromatic carbocycles. The van der Waals surface area contributed by atoms with Gasteiger partial charge in [0.05, 0.1) is 0 Å². The predicted octanol–water partition coefficient (Wildman–Crippen LogP) is 3.60. The Morgan fingerprint density at radius 3 is 2.85 bits per heavy atom. The van der Waals surface area contributed by atoms with Crippen LogP contribution in [-0.4, -0.2) is 6.54 Å². The highest BCUT2D eigenvalue weighted by atomic mass is 14.9. The van der Waals surface area contributed by atoms with Gasteiger partial charge in [0.25, 0.3) is 0 Å². The van der Waals surface area contributed by atoms with E-state index < -0.39 is 0 Å². The molecule has 4 rings (SSSR count). The largest absolute Gasteiger partial charge is 0.312 e. The molecule has 2 aromatic rings. The zero-order chi connectivity index (χ0) is 13.4. The first-order chi connectivity index (χ1) is 9.90. The first kappa shape index (κ1) is 12.2. The van der Waals surface area contributed by atoms with E-state index in [9.17, 15) is 0 Å². The van der Waals surface area contributed by atoms with Gasteiger partial charge in [-0.15, -0.1) is 0 Å². The Bertz CT molecular complexity index is 629. The highest BCUT2D eigenvalue weighted by Crippen LogP contribution is 2.29. The molecule has 0 radical (unpaired) electrons. The van der Waals surface area contributed by atoms with E-state index in [2.05, 4.69) is 47.8 Å². The smallest absolute Gasteiger partial charge is 0.0208 e. The van der Waals surface area contributed by atoms with Crippen molar-refractivity contribution in [1.82, 2.24) is 5.32 Å². The first-order valence-electron chi connectivity index (χ1n) is 7.79.